The van der Waals surface area contributed by atoms with Crippen LogP contribution in [-0.4, -0.2) is 23.0 Å². The van der Waals surface area contributed by atoms with Crippen LogP contribution in [0.1, 0.15) is 0 Å². The third-order valence-corrected chi connectivity index (χ3v) is 6.03. The van der Waals surface area contributed by atoms with E-state index in [4.69, 9.17) is 10.1 Å². The van der Waals surface area contributed by atoms with Crippen molar-refractivity contribution in [2.24, 2.45) is 5.14 Å². The van der Waals surface area contributed by atoms with Crippen molar-refractivity contribution in [1.29, 1.82) is 0 Å². The molecule has 5 aromatic rings. The van der Waals surface area contributed by atoms with Crippen molar-refractivity contribution in [2.75, 3.05) is 0 Å². The molecule has 0 radical (unpaired) electrons. The van der Waals surface area contributed by atoms with E-state index in [1.54, 1.807) is 18.3 Å². The summed E-state index contributed by atoms with van der Waals surface area (Å²) in [5, 5.41) is 5.23. The minimum absolute atomic E-state index is 0.0595. The molecule has 2 heterocycles. The first-order valence-corrected chi connectivity index (χ1v) is 11.2. The monoisotopic (exact) mass is 426 g/mol. The molecule has 0 amide bonds. The van der Waals surface area contributed by atoms with Gasteiger partial charge in [-0.2, -0.15) is 0 Å². The van der Waals surface area contributed by atoms with Gasteiger partial charge >= 0.3 is 0 Å². The number of nitrogens with zero attached hydrogens (tertiary/aromatic N) is 3. The van der Waals surface area contributed by atoms with Gasteiger partial charge in [0.05, 0.1) is 10.4 Å². The zero-order chi connectivity index (χ0) is 21.4. The van der Waals surface area contributed by atoms with Crippen LogP contribution >= 0.6 is 0 Å². The van der Waals surface area contributed by atoms with Crippen molar-refractivity contribution >= 4 is 21.2 Å². The maximum atomic E-state index is 11.6. The topological polar surface area (TPSA) is 90.9 Å². The van der Waals surface area contributed by atoms with E-state index in [0.29, 0.717) is 11.5 Å². The van der Waals surface area contributed by atoms with Crippen molar-refractivity contribution in [2.45, 2.75) is 4.90 Å². The first kappa shape index (κ1) is 19.2. The fourth-order valence-corrected chi connectivity index (χ4v) is 4.11. The Labute approximate surface area is 179 Å². The second kappa shape index (κ2) is 7.46. The summed E-state index contributed by atoms with van der Waals surface area (Å²) in [6, 6.07) is 28.6. The molecule has 2 aromatic heterocycles. The number of hydrogen-bond donors (Lipinski definition) is 1. The first-order chi connectivity index (χ1) is 15.0. The van der Waals surface area contributed by atoms with E-state index >= 15 is 0 Å². The predicted molar refractivity (Wildman–Crippen MR) is 121 cm³/mol. The van der Waals surface area contributed by atoms with Gasteiger partial charge in [-0.25, -0.2) is 23.5 Å². The van der Waals surface area contributed by atoms with Crippen molar-refractivity contribution in [1.82, 2.24) is 14.5 Å². The molecular formula is C24H18N4O2S. The molecule has 0 unspecified atom stereocenters. The quantitative estimate of drug-likeness (QED) is 0.461. The fourth-order valence-electron chi connectivity index (χ4n) is 3.60. The van der Waals surface area contributed by atoms with Gasteiger partial charge in [0, 0.05) is 17.4 Å². The largest absolute Gasteiger partial charge is 0.291 e. The summed E-state index contributed by atoms with van der Waals surface area (Å²) < 4.78 is 25.2. The number of rotatable bonds is 4. The summed E-state index contributed by atoms with van der Waals surface area (Å²) >= 11 is 0. The molecule has 31 heavy (non-hydrogen) atoms. The van der Waals surface area contributed by atoms with Crippen LogP contribution in [0.4, 0.5) is 0 Å². The molecule has 0 atom stereocenters. The van der Waals surface area contributed by atoms with E-state index in [0.717, 1.165) is 27.9 Å². The number of hydrogen-bond acceptors (Lipinski definition) is 4. The van der Waals surface area contributed by atoms with Crippen LogP contribution in [0.3, 0.4) is 0 Å². The van der Waals surface area contributed by atoms with Crippen molar-refractivity contribution < 1.29 is 8.42 Å². The van der Waals surface area contributed by atoms with Gasteiger partial charge in [0.15, 0.2) is 5.65 Å². The van der Waals surface area contributed by atoms with Crippen LogP contribution in [0.15, 0.2) is 102 Å². The molecule has 0 aliphatic carbocycles. The van der Waals surface area contributed by atoms with Crippen LogP contribution in [0.2, 0.25) is 0 Å². The number of fused-ring (bicyclic) bond motifs is 1. The average Bonchev–Trinajstić information content (AvgIpc) is 3.19. The summed E-state index contributed by atoms with van der Waals surface area (Å²) in [6.07, 6.45) is 1.70. The predicted octanol–water partition coefficient (Wildman–Crippen LogP) is 4.40. The van der Waals surface area contributed by atoms with Gasteiger partial charge in [0.25, 0.3) is 0 Å². The highest BCUT2D eigenvalue weighted by molar-refractivity contribution is 7.89. The van der Waals surface area contributed by atoms with Crippen LogP contribution in [-0.2, 0) is 10.0 Å². The standard InChI is InChI=1S/C24H18N4O2S/c25-31(29,30)21-14-10-19(11-15-21)24-27-23-22(7-4-16-26-23)28(24)20-12-8-18(9-13-20)17-5-2-1-3-6-17/h1-16H,(H2,25,29,30). The number of primary sulfonamides is 1. The molecule has 0 aliphatic rings. The normalized spacial score (nSPS) is 11.6. The van der Waals surface area contributed by atoms with E-state index in [1.165, 1.54) is 12.1 Å². The Kier molecular flexibility index (Phi) is 4.62. The van der Waals surface area contributed by atoms with Gasteiger partial charge in [0.1, 0.15) is 5.82 Å². The lowest BCUT2D eigenvalue weighted by atomic mass is 10.1. The van der Waals surface area contributed by atoms with E-state index in [1.807, 2.05) is 47.0 Å². The van der Waals surface area contributed by atoms with Gasteiger partial charge in [-0.15, -0.1) is 0 Å². The highest BCUT2D eigenvalue weighted by Crippen LogP contribution is 2.29. The third-order valence-electron chi connectivity index (χ3n) is 5.10. The summed E-state index contributed by atoms with van der Waals surface area (Å²) in [5.74, 6) is 0.669. The van der Waals surface area contributed by atoms with E-state index in [9.17, 15) is 8.42 Å². The Bertz CT molecular complexity index is 1470. The van der Waals surface area contributed by atoms with Gasteiger partial charge in [0.2, 0.25) is 10.0 Å². The molecule has 6 nitrogen and oxygen atoms in total. The van der Waals surface area contributed by atoms with Gasteiger partial charge < -0.3 is 0 Å². The van der Waals surface area contributed by atoms with Gasteiger partial charge in [-0.05, 0) is 59.7 Å². The lowest BCUT2D eigenvalue weighted by Crippen LogP contribution is -2.11. The molecule has 3 aromatic carbocycles. The Morgan fingerprint density at radius 2 is 1.35 bits per heavy atom. The molecule has 152 valence electrons. The second-order valence-corrected chi connectivity index (χ2v) is 8.66. The molecule has 0 spiro atoms. The van der Waals surface area contributed by atoms with E-state index < -0.39 is 10.0 Å². The van der Waals surface area contributed by atoms with Crippen LogP contribution in [0.25, 0.3) is 39.4 Å². The zero-order valence-corrected chi connectivity index (χ0v) is 17.2. The van der Waals surface area contributed by atoms with Crippen LogP contribution in [0.5, 0.6) is 0 Å². The highest BCUT2D eigenvalue weighted by atomic mass is 32.2. The molecule has 0 bridgehead atoms. The van der Waals surface area contributed by atoms with E-state index in [-0.39, 0.29) is 4.90 Å². The number of nitrogens with two attached hydrogens (primary N) is 1. The molecular weight excluding hydrogens is 408 g/mol. The summed E-state index contributed by atoms with van der Waals surface area (Å²) in [6.45, 7) is 0. The molecule has 2 N–H and O–H groups in total. The number of imidazole rings is 1. The summed E-state index contributed by atoms with van der Waals surface area (Å²) in [4.78, 5) is 9.15. The van der Waals surface area contributed by atoms with Crippen LogP contribution in [0, 0.1) is 0 Å². The molecule has 0 fully saturated rings. The number of aromatic nitrogens is 3. The number of pyridine rings is 1. The second-order valence-electron chi connectivity index (χ2n) is 7.10. The van der Waals surface area contributed by atoms with Crippen LogP contribution < -0.4 is 5.14 Å². The van der Waals surface area contributed by atoms with Crippen molar-refractivity contribution in [3.63, 3.8) is 0 Å². The number of sulfonamides is 1. The Morgan fingerprint density at radius 1 is 0.710 bits per heavy atom. The van der Waals surface area contributed by atoms with Gasteiger partial charge in [-0.1, -0.05) is 42.5 Å². The SMILES string of the molecule is NS(=O)(=O)c1ccc(-c2nc3ncccc3n2-c2ccc(-c3ccccc3)cc2)cc1. The lowest BCUT2D eigenvalue weighted by molar-refractivity contribution is 0.598. The summed E-state index contributed by atoms with van der Waals surface area (Å²) in [7, 11) is -3.76. The lowest BCUT2D eigenvalue weighted by Gasteiger charge is -2.11. The Hall–Kier alpha value is -3.81. The number of benzene rings is 3. The average molecular weight is 427 g/mol. The van der Waals surface area contributed by atoms with Crippen molar-refractivity contribution in [3.05, 3.63) is 97.2 Å². The van der Waals surface area contributed by atoms with E-state index in [2.05, 4.69) is 29.2 Å². The zero-order valence-electron chi connectivity index (χ0n) is 16.4. The summed E-state index contributed by atoms with van der Waals surface area (Å²) in [5.41, 5.74) is 5.43. The molecule has 5 rings (SSSR count). The third kappa shape index (κ3) is 3.61. The molecule has 0 saturated carbocycles. The van der Waals surface area contributed by atoms with Gasteiger partial charge in [-0.3, -0.25) is 4.57 Å². The maximum absolute atomic E-state index is 11.6. The maximum Gasteiger partial charge on any atom is 0.238 e. The Morgan fingerprint density at radius 3 is 2.03 bits per heavy atom. The molecule has 0 saturated heterocycles. The minimum Gasteiger partial charge on any atom is -0.291 e. The highest BCUT2D eigenvalue weighted by Gasteiger charge is 2.16. The minimum atomic E-state index is -3.76. The molecule has 7 heteroatoms. The fraction of sp³-hybridized carbons (Fsp3) is 0. The van der Waals surface area contributed by atoms with Crippen molar-refractivity contribution in [3.8, 4) is 28.2 Å². The molecule has 0 aliphatic heterocycles. The first-order valence-electron chi connectivity index (χ1n) is 9.63. The smallest absolute Gasteiger partial charge is 0.238 e. The Balaban J connectivity index is 1.65.